The molecule has 15 heavy (non-hydrogen) atoms. The molecule has 2 rings (SSSR count). The summed E-state index contributed by atoms with van der Waals surface area (Å²) in [4.78, 5) is 13.5. The largest absolute Gasteiger partial charge is 0.388 e. The van der Waals surface area contributed by atoms with Crippen molar-refractivity contribution in [3.8, 4) is 0 Å². The quantitative estimate of drug-likeness (QED) is 0.700. The fraction of sp³-hybridized carbons (Fsp3) is 0.250. The molecule has 3 nitrogen and oxygen atoms in total. The maximum Gasteiger partial charge on any atom is 0.256 e. The summed E-state index contributed by atoms with van der Waals surface area (Å²) in [6.07, 6.45) is -0.128. The molecule has 78 valence electrons. The van der Waals surface area contributed by atoms with Crippen LogP contribution in [0.5, 0.6) is 0 Å². The summed E-state index contributed by atoms with van der Waals surface area (Å²) in [6, 6.07) is 9.43. The number of aliphatic hydroxyl groups excluding tert-OH is 1. The highest BCUT2D eigenvalue weighted by Gasteiger charge is 2.28. The van der Waals surface area contributed by atoms with Gasteiger partial charge in [0.1, 0.15) is 0 Å². The summed E-state index contributed by atoms with van der Waals surface area (Å²) in [7, 11) is 0. The molecule has 1 aliphatic rings. The second-order valence-corrected chi connectivity index (χ2v) is 3.62. The predicted molar refractivity (Wildman–Crippen MR) is 58.6 cm³/mol. The maximum absolute atomic E-state index is 11.8. The highest BCUT2D eigenvalue weighted by atomic mass is 16.3. The summed E-state index contributed by atoms with van der Waals surface area (Å²) in [5, 5.41) is 9.47. The van der Waals surface area contributed by atoms with E-state index < -0.39 is 6.10 Å². The van der Waals surface area contributed by atoms with Crippen LogP contribution in [0, 0.1) is 0 Å². The van der Waals surface area contributed by atoms with Crippen molar-refractivity contribution >= 4 is 11.6 Å². The van der Waals surface area contributed by atoms with Gasteiger partial charge in [-0.05, 0) is 18.6 Å². The lowest BCUT2D eigenvalue weighted by atomic mass is 10.0. The van der Waals surface area contributed by atoms with Crippen LogP contribution >= 0.6 is 0 Å². The van der Waals surface area contributed by atoms with E-state index in [9.17, 15) is 9.90 Å². The molecule has 0 spiro atoms. The number of rotatable bonds is 1. The number of para-hydroxylation sites is 1. The van der Waals surface area contributed by atoms with Gasteiger partial charge in [-0.1, -0.05) is 24.8 Å². The van der Waals surface area contributed by atoms with Crippen LogP contribution in [0.25, 0.3) is 0 Å². The van der Waals surface area contributed by atoms with E-state index in [-0.39, 0.29) is 11.5 Å². The average Bonchev–Trinajstić information content (AvgIpc) is 2.27. The molecule has 0 saturated carbocycles. The Morgan fingerprint density at radius 2 is 2.00 bits per heavy atom. The Morgan fingerprint density at radius 3 is 2.67 bits per heavy atom. The zero-order valence-electron chi connectivity index (χ0n) is 8.39. The summed E-state index contributed by atoms with van der Waals surface area (Å²) in [5.41, 5.74) is 1.14. The molecule has 1 atom stereocenters. The van der Waals surface area contributed by atoms with Crippen LogP contribution in [-0.2, 0) is 4.79 Å². The number of benzene rings is 1. The number of anilines is 1. The second-order valence-electron chi connectivity index (χ2n) is 3.62. The first-order valence-corrected chi connectivity index (χ1v) is 4.94. The van der Waals surface area contributed by atoms with Crippen LogP contribution in [-0.4, -0.2) is 23.7 Å². The van der Waals surface area contributed by atoms with Crippen molar-refractivity contribution in [1.29, 1.82) is 0 Å². The van der Waals surface area contributed by atoms with Gasteiger partial charge in [-0.2, -0.15) is 0 Å². The first-order valence-electron chi connectivity index (χ1n) is 4.94. The van der Waals surface area contributed by atoms with Crippen LogP contribution < -0.4 is 4.90 Å². The molecule has 1 fully saturated rings. The molecule has 3 heteroatoms. The molecule has 1 amide bonds. The molecule has 1 aromatic carbocycles. The normalized spacial score (nSPS) is 21.9. The first kappa shape index (κ1) is 9.93. The number of amides is 1. The van der Waals surface area contributed by atoms with Gasteiger partial charge in [0.05, 0.1) is 6.10 Å². The molecule has 1 heterocycles. The third-order valence-corrected chi connectivity index (χ3v) is 2.62. The summed E-state index contributed by atoms with van der Waals surface area (Å²) in [6.45, 7) is 4.16. The molecule has 1 aliphatic heterocycles. The van der Waals surface area contributed by atoms with Crippen LogP contribution in [0.3, 0.4) is 0 Å². The molecule has 0 radical (unpaired) electrons. The molecular weight excluding hydrogens is 190 g/mol. The molecule has 0 aromatic heterocycles. The van der Waals surface area contributed by atoms with Gasteiger partial charge in [-0.15, -0.1) is 0 Å². The Labute approximate surface area is 88.6 Å². The fourth-order valence-electron chi connectivity index (χ4n) is 1.70. The number of nitrogens with zero attached hydrogens (tertiary/aromatic N) is 1. The minimum atomic E-state index is -0.683. The Balaban J connectivity index is 2.25. The molecule has 0 bridgehead atoms. The zero-order chi connectivity index (χ0) is 10.8. The average molecular weight is 203 g/mol. The lowest BCUT2D eigenvalue weighted by molar-refractivity contribution is -0.117. The Bertz CT molecular complexity index is 386. The van der Waals surface area contributed by atoms with Gasteiger partial charge in [-0.25, -0.2) is 0 Å². The topological polar surface area (TPSA) is 40.5 Å². The number of carbonyl (C=O) groups excluding carboxylic acids is 1. The summed E-state index contributed by atoms with van der Waals surface area (Å²) < 4.78 is 0. The number of piperidine rings is 1. The van der Waals surface area contributed by atoms with Gasteiger partial charge in [0.15, 0.2) is 0 Å². The smallest absolute Gasteiger partial charge is 0.256 e. The van der Waals surface area contributed by atoms with Crippen LogP contribution in [0.2, 0.25) is 0 Å². The first-order chi connectivity index (χ1) is 7.20. The van der Waals surface area contributed by atoms with E-state index in [4.69, 9.17) is 0 Å². The fourth-order valence-corrected chi connectivity index (χ4v) is 1.70. The molecule has 1 aromatic rings. The van der Waals surface area contributed by atoms with E-state index in [1.807, 2.05) is 30.3 Å². The molecule has 1 N–H and O–H groups in total. The van der Waals surface area contributed by atoms with Crippen LogP contribution in [0.1, 0.15) is 6.42 Å². The number of hydrogen-bond donors (Lipinski definition) is 1. The minimum absolute atomic E-state index is 0.181. The predicted octanol–water partition coefficient (Wildman–Crippen LogP) is 1.34. The van der Waals surface area contributed by atoms with Crippen molar-refractivity contribution in [2.45, 2.75) is 12.5 Å². The standard InChI is InChI=1S/C12H13NO2/c1-9-11(14)7-8-13(12(9)15)10-5-3-2-4-6-10/h2-6,11,14H,1,7-8H2. The molecular formula is C12H13NO2. The van der Waals surface area contributed by atoms with Gasteiger partial charge in [0, 0.05) is 17.8 Å². The highest BCUT2D eigenvalue weighted by molar-refractivity contribution is 6.06. The van der Waals surface area contributed by atoms with Crippen molar-refractivity contribution in [3.63, 3.8) is 0 Å². The summed E-state index contributed by atoms with van der Waals surface area (Å²) >= 11 is 0. The van der Waals surface area contributed by atoms with E-state index in [0.717, 1.165) is 5.69 Å². The number of hydrogen-bond acceptors (Lipinski definition) is 2. The molecule has 0 aliphatic carbocycles. The van der Waals surface area contributed by atoms with Gasteiger partial charge in [0.2, 0.25) is 0 Å². The van der Waals surface area contributed by atoms with E-state index in [1.165, 1.54) is 0 Å². The van der Waals surface area contributed by atoms with E-state index in [0.29, 0.717) is 13.0 Å². The van der Waals surface area contributed by atoms with Gasteiger partial charge in [-0.3, -0.25) is 4.79 Å². The van der Waals surface area contributed by atoms with Crippen molar-refractivity contribution in [1.82, 2.24) is 0 Å². The van der Waals surface area contributed by atoms with E-state index in [1.54, 1.807) is 4.90 Å². The van der Waals surface area contributed by atoms with Gasteiger partial charge < -0.3 is 10.0 Å². The Hall–Kier alpha value is -1.61. The monoisotopic (exact) mass is 203 g/mol. The van der Waals surface area contributed by atoms with Gasteiger partial charge in [0.25, 0.3) is 5.91 Å². The van der Waals surface area contributed by atoms with Gasteiger partial charge >= 0.3 is 0 Å². The lowest BCUT2D eigenvalue weighted by Gasteiger charge is -2.30. The lowest BCUT2D eigenvalue weighted by Crippen LogP contribution is -2.42. The van der Waals surface area contributed by atoms with Crippen LogP contribution in [0.15, 0.2) is 42.5 Å². The maximum atomic E-state index is 11.8. The highest BCUT2D eigenvalue weighted by Crippen LogP contribution is 2.22. The molecule has 1 saturated heterocycles. The zero-order valence-corrected chi connectivity index (χ0v) is 8.39. The summed E-state index contributed by atoms with van der Waals surface area (Å²) in [5.74, 6) is -0.181. The van der Waals surface area contributed by atoms with Crippen LogP contribution in [0.4, 0.5) is 5.69 Å². The minimum Gasteiger partial charge on any atom is -0.388 e. The molecule has 1 unspecified atom stereocenters. The van der Waals surface area contributed by atoms with E-state index >= 15 is 0 Å². The van der Waals surface area contributed by atoms with E-state index in [2.05, 4.69) is 6.58 Å². The SMILES string of the molecule is C=C1C(=O)N(c2ccccc2)CCC1O. The second kappa shape index (κ2) is 3.87. The third-order valence-electron chi connectivity index (χ3n) is 2.62. The van der Waals surface area contributed by atoms with Crippen molar-refractivity contribution in [3.05, 3.63) is 42.5 Å². The van der Waals surface area contributed by atoms with Crippen molar-refractivity contribution in [2.75, 3.05) is 11.4 Å². The Morgan fingerprint density at radius 1 is 1.33 bits per heavy atom. The third kappa shape index (κ3) is 1.78. The number of aliphatic hydroxyl groups is 1. The number of carbonyl (C=O) groups is 1. The van der Waals surface area contributed by atoms with Crippen molar-refractivity contribution < 1.29 is 9.90 Å². The van der Waals surface area contributed by atoms with Crippen molar-refractivity contribution in [2.24, 2.45) is 0 Å². The Kier molecular flexibility index (Phi) is 2.56.